The lowest BCUT2D eigenvalue weighted by Crippen LogP contribution is -2.36. The number of fused-ring (bicyclic) bond motifs is 1. The Bertz CT molecular complexity index is 1060. The largest absolute Gasteiger partial charge is 0.465 e. The number of anilines is 1. The molecule has 0 aromatic carbocycles. The van der Waals surface area contributed by atoms with E-state index >= 15 is 0 Å². The number of nitrogens with zero attached hydrogens (tertiary/aromatic N) is 1. The van der Waals surface area contributed by atoms with Crippen molar-refractivity contribution < 1.29 is 9.21 Å². The van der Waals surface area contributed by atoms with E-state index < -0.39 is 5.92 Å². The van der Waals surface area contributed by atoms with Crippen molar-refractivity contribution in [3.63, 3.8) is 0 Å². The first-order valence-corrected chi connectivity index (χ1v) is 11.0. The molecular weight excluding hydrogens is 386 g/mol. The minimum Gasteiger partial charge on any atom is -0.465 e. The molecule has 0 amide bonds. The molecule has 2 N–H and O–H groups in total. The molecule has 1 aliphatic carbocycles. The number of thioether (sulfide) groups is 1. The summed E-state index contributed by atoms with van der Waals surface area (Å²) < 4.78 is 5.90. The summed E-state index contributed by atoms with van der Waals surface area (Å²) in [6, 6.07) is 3.72. The first-order valence-electron chi connectivity index (χ1n) is 10.1. The summed E-state index contributed by atoms with van der Waals surface area (Å²) >= 11 is 1.55. The lowest BCUT2D eigenvalue weighted by atomic mass is 9.70. The van der Waals surface area contributed by atoms with E-state index in [9.17, 15) is 9.59 Å². The first-order chi connectivity index (χ1) is 13.7. The van der Waals surface area contributed by atoms with Gasteiger partial charge in [0, 0.05) is 22.9 Å². The molecule has 4 rings (SSSR count). The van der Waals surface area contributed by atoms with Gasteiger partial charge in [-0.3, -0.25) is 9.59 Å². The molecule has 6 nitrogen and oxygen atoms in total. The van der Waals surface area contributed by atoms with Crippen LogP contribution in [0.1, 0.15) is 70.0 Å². The molecule has 2 aromatic rings. The number of carbonyl (C=O) groups excluding carboxylic acids is 1. The molecule has 1 aliphatic heterocycles. The van der Waals surface area contributed by atoms with Crippen LogP contribution in [-0.4, -0.2) is 21.0 Å². The molecular formula is C22H27N3O3S. The molecule has 154 valence electrons. The molecule has 0 bridgehead atoms. The maximum Gasteiger partial charge on any atom is 0.257 e. The predicted molar refractivity (Wildman–Crippen MR) is 114 cm³/mol. The number of hydrogen-bond acceptors (Lipinski definition) is 6. The van der Waals surface area contributed by atoms with E-state index in [4.69, 9.17) is 9.40 Å². The van der Waals surface area contributed by atoms with E-state index in [2.05, 4.69) is 38.0 Å². The van der Waals surface area contributed by atoms with Crippen molar-refractivity contribution in [2.45, 2.75) is 70.2 Å². The normalized spacial score (nSPS) is 21.4. The second-order valence-electron chi connectivity index (χ2n) is 8.81. The summed E-state index contributed by atoms with van der Waals surface area (Å²) in [4.78, 5) is 33.9. The summed E-state index contributed by atoms with van der Waals surface area (Å²) in [5.74, 6) is 1.42. The average Bonchev–Trinajstić information content (AvgIpc) is 3.04. The van der Waals surface area contributed by atoms with Crippen LogP contribution >= 0.6 is 11.8 Å². The van der Waals surface area contributed by atoms with E-state index in [1.807, 2.05) is 19.1 Å². The second-order valence-corrected chi connectivity index (χ2v) is 10.2. The number of H-pyrrole nitrogens is 1. The fraction of sp³-hybridized carbons (Fsp3) is 0.500. The number of carbonyl (C=O) groups is 1. The number of aryl methyl sites for hydroxylation is 1. The van der Waals surface area contributed by atoms with E-state index in [1.54, 1.807) is 11.8 Å². The third-order valence-electron chi connectivity index (χ3n) is 5.63. The number of nitrogens with one attached hydrogen (secondary N) is 2. The van der Waals surface area contributed by atoms with Crippen LogP contribution in [0.2, 0.25) is 0 Å². The highest BCUT2D eigenvalue weighted by molar-refractivity contribution is 7.99. The monoisotopic (exact) mass is 413 g/mol. The molecule has 0 spiro atoms. The molecule has 2 atom stereocenters. The predicted octanol–water partition coefficient (Wildman–Crippen LogP) is 4.76. The fourth-order valence-corrected chi connectivity index (χ4v) is 4.96. The fourth-order valence-electron chi connectivity index (χ4n) is 4.12. The summed E-state index contributed by atoms with van der Waals surface area (Å²) in [7, 11) is 0. The van der Waals surface area contributed by atoms with Gasteiger partial charge >= 0.3 is 0 Å². The summed E-state index contributed by atoms with van der Waals surface area (Å²) in [6.45, 7) is 10.3. The zero-order chi connectivity index (χ0) is 20.9. The average molecular weight is 414 g/mol. The molecule has 3 heterocycles. The molecule has 7 heteroatoms. The number of aromatic amines is 1. The summed E-state index contributed by atoms with van der Waals surface area (Å²) in [5.41, 5.74) is 1.59. The number of furan rings is 1. The van der Waals surface area contributed by atoms with Gasteiger partial charge in [-0.2, -0.15) is 0 Å². The third kappa shape index (κ3) is 3.68. The van der Waals surface area contributed by atoms with Gasteiger partial charge in [0.25, 0.3) is 5.56 Å². The topological polar surface area (TPSA) is 88.0 Å². The standard InChI is InChI=1S/C22H27N3O3S/c1-6-12(3)29-21-24-19-18(20(27)25-21)17(15-8-7-11(2)28-15)16-13(23-19)9-22(4,5)10-14(16)26/h7-8,12,17H,6,9-10H2,1-5H3,(H2,23,24,25,27)/t12-,17+/m1/s1. The van der Waals surface area contributed by atoms with Gasteiger partial charge in [-0.15, -0.1) is 0 Å². The van der Waals surface area contributed by atoms with Crippen LogP contribution in [0.3, 0.4) is 0 Å². The Hall–Kier alpha value is -2.28. The minimum atomic E-state index is -0.530. The molecule has 29 heavy (non-hydrogen) atoms. The lowest BCUT2D eigenvalue weighted by Gasteiger charge is -2.37. The van der Waals surface area contributed by atoms with Crippen molar-refractivity contribution in [2.75, 3.05) is 5.32 Å². The maximum atomic E-state index is 13.1. The van der Waals surface area contributed by atoms with Crippen LogP contribution in [0, 0.1) is 12.3 Å². The Morgan fingerprint density at radius 1 is 1.31 bits per heavy atom. The van der Waals surface area contributed by atoms with Gasteiger partial charge in [0.2, 0.25) is 0 Å². The van der Waals surface area contributed by atoms with Gasteiger partial charge in [-0.25, -0.2) is 4.98 Å². The Morgan fingerprint density at radius 3 is 2.72 bits per heavy atom. The van der Waals surface area contributed by atoms with Crippen molar-refractivity contribution in [1.82, 2.24) is 9.97 Å². The van der Waals surface area contributed by atoms with Crippen LogP contribution in [0.5, 0.6) is 0 Å². The van der Waals surface area contributed by atoms with Gasteiger partial charge in [0.1, 0.15) is 17.3 Å². The highest BCUT2D eigenvalue weighted by Crippen LogP contribution is 2.48. The van der Waals surface area contributed by atoms with Crippen molar-refractivity contribution in [3.05, 3.63) is 50.8 Å². The molecule has 2 aromatic heterocycles. The van der Waals surface area contributed by atoms with E-state index in [1.165, 1.54) is 0 Å². The first kappa shape index (κ1) is 20.0. The number of ketones is 1. The SMILES string of the molecule is CC[C@@H](C)Sc1nc2c(c(=O)[nH]1)[C@@H](c1ccc(C)o1)C1=C(CC(C)(C)CC1=O)N2. The number of rotatable bonds is 4. The van der Waals surface area contributed by atoms with Gasteiger partial charge in [-0.1, -0.05) is 39.5 Å². The highest BCUT2D eigenvalue weighted by Gasteiger charge is 2.43. The number of allylic oxidation sites excluding steroid dienone is 2. The van der Waals surface area contributed by atoms with Gasteiger partial charge in [-0.05, 0) is 37.3 Å². The van der Waals surface area contributed by atoms with Gasteiger partial charge in [0.05, 0.1) is 11.5 Å². The molecule has 0 unspecified atom stereocenters. The number of hydrogen-bond donors (Lipinski definition) is 2. The Kier molecular flexibility index (Phi) is 4.97. The summed E-state index contributed by atoms with van der Waals surface area (Å²) in [5, 5.41) is 4.27. The second kappa shape index (κ2) is 7.20. The Balaban J connectivity index is 1.89. The smallest absolute Gasteiger partial charge is 0.257 e. The van der Waals surface area contributed by atoms with E-state index in [0.29, 0.717) is 39.5 Å². The van der Waals surface area contributed by atoms with Crippen LogP contribution in [-0.2, 0) is 4.79 Å². The van der Waals surface area contributed by atoms with Crippen LogP contribution in [0.25, 0.3) is 0 Å². The van der Waals surface area contributed by atoms with Crippen molar-refractivity contribution in [3.8, 4) is 0 Å². The molecule has 0 saturated carbocycles. The minimum absolute atomic E-state index is 0.0610. The van der Waals surface area contributed by atoms with Crippen molar-refractivity contribution in [2.24, 2.45) is 5.41 Å². The Morgan fingerprint density at radius 2 is 2.07 bits per heavy atom. The molecule has 0 saturated heterocycles. The van der Waals surface area contributed by atoms with Crippen molar-refractivity contribution in [1.29, 1.82) is 0 Å². The van der Waals surface area contributed by atoms with Crippen LogP contribution in [0.15, 0.2) is 37.8 Å². The number of aromatic nitrogens is 2. The Labute approximate surface area is 174 Å². The van der Waals surface area contributed by atoms with E-state index in [-0.39, 0.29) is 16.8 Å². The lowest BCUT2D eigenvalue weighted by molar-refractivity contribution is -0.118. The van der Waals surface area contributed by atoms with Crippen LogP contribution < -0.4 is 10.9 Å². The van der Waals surface area contributed by atoms with Gasteiger partial charge < -0.3 is 14.7 Å². The molecule has 0 fully saturated rings. The van der Waals surface area contributed by atoms with Crippen LogP contribution in [0.4, 0.5) is 5.82 Å². The van der Waals surface area contributed by atoms with E-state index in [0.717, 1.165) is 24.3 Å². The maximum absolute atomic E-state index is 13.1. The highest BCUT2D eigenvalue weighted by atomic mass is 32.2. The zero-order valence-electron chi connectivity index (χ0n) is 17.5. The molecule has 2 aliphatic rings. The third-order valence-corrected chi connectivity index (χ3v) is 6.79. The van der Waals surface area contributed by atoms with Crippen molar-refractivity contribution >= 4 is 23.4 Å². The number of Topliss-reactive ketones (excluding diaryl/α,β-unsaturated/α-hetero) is 1. The zero-order valence-corrected chi connectivity index (χ0v) is 18.3. The molecule has 0 radical (unpaired) electrons. The summed E-state index contributed by atoms with van der Waals surface area (Å²) in [6.07, 6.45) is 2.16. The quantitative estimate of drug-likeness (QED) is 0.555. The van der Waals surface area contributed by atoms with Gasteiger partial charge in [0.15, 0.2) is 10.9 Å².